The van der Waals surface area contributed by atoms with Crippen molar-refractivity contribution in [3.8, 4) is 12.3 Å². The maximum absolute atomic E-state index is 13.7. The Bertz CT molecular complexity index is 1010. The standard InChI is InChI=1S/C17H10BrFN2OS/c1-2-9-21-14-8-7-11(18)10-15(14)23-17(21)20-16(22)12-5-3-4-6-13(12)19/h1,3-8,10H,9H2. The van der Waals surface area contributed by atoms with E-state index >= 15 is 0 Å². The number of halogens is 2. The zero-order valence-corrected chi connectivity index (χ0v) is 14.2. The van der Waals surface area contributed by atoms with E-state index in [0.717, 1.165) is 14.7 Å². The number of fused-ring (bicyclic) bond motifs is 1. The van der Waals surface area contributed by atoms with E-state index in [0.29, 0.717) is 4.80 Å². The van der Waals surface area contributed by atoms with Crippen LogP contribution in [-0.4, -0.2) is 10.5 Å². The maximum Gasteiger partial charge on any atom is 0.282 e. The number of aromatic nitrogens is 1. The van der Waals surface area contributed by atoms with Crippen molar-refractivity contribution in [2.45, 2.75) is 6.54 Å². The van der Waals surface area contributed by atoms with Crippen LogP contribution in [0.15, 0.2) is 51.9 Å². The van der Waals surface area contributed by atoms with Crippen molar-refractivity contribution in [2.24, 2.45) is 4.99 Å². The number of carbonyl (C=O) groups is 1. The number of hydrogen-bond donors (Lipinski definition) is 0. The third-order valence-electron chi connectivity index (χ3n) is 3.20. The van der Waals surface area contributed by atoms with Crippen LogP contribution in [-0.2, 0) is 6.54 Å². The van der Waals surface area contributed by atoms with E-state index in [2.05, 4.69) is 26.8 Å². The Morgan fingerprint density at radius 2 is 2.13 bits per heavy atom. The van der Waals surface area contributed by atoms with Gasteiger partial charge in [-0.3, -0.25) is 4.79 Å². The van der Waals surface area contributed by atoms with Gasteiger partial charge in [0.25, 0.3) is 5.91 Å². The maximum atomic E-state index is 13.7. The molecule has 0 spiro atoms. The second-order valence-electron chi connectivity index (χ2n) is 4.68. The average Bonchev–Trinajstić information content (AvgIpc) is 2.84. The normalized spacial score (nSPS) is 11.6. The van der Waals surface area contributed by atoms with Crippen LogP contribution in [0.4, 0.5) is 4.39 Å². The summed E-state index contributed by atoms with van der Waals surface area (Å²) in [4.78, 5) is 16.8. The minimum absolute atomic E-state index is 0.0570. The first-order valence-corrected chi connectivity index (χ1v) is 8.27. The molecule has 0 radical (unpaired) electrons. The molecule has 0 aliphatic carbocycles. The molecule has 0 aliphatic rings. The Balaban J connectivity index is 2.19. The Morgan fingerprint density at radius 1 is 1.35 bits per heavy atom. The Labute approximate surface area is 144 Å². The van der Waals surface area contributed by atoms with Crippen molar-refractivity contribution in [1.82, 2.24) is 4.57 Å². The lowest BCUT2D eigenvalue weighted by atomic mass is 10.2. The molecular weight excluding hydrogens is 379 g/mol. The summed E-state index contributed by atoms with van der Waals surface area (Å²) in [6, 6.07) is 11.5. The molecule has 1 heterocycles. The fraction of sp³-hybridized carbons (Fsp3) is 0.0588. The van der Waals surface area contributed by atoms with Gasteiger partial charge in [0.2, 0.25) is 0 Å². The van der Waals surface area contributed by atoms with Crippen LogP contribution in [0.1, 0.15) is 10.4 Å². The predicted octanol–water partition coefficient (Wildman–Crippen LogP) is 3.98. The smallest absolute Gasteiger partial charge is 0.282 e. The first kappa shape index (κ1) is 15.7. The van der Waals surface area contributed by atoms with Gasteiger partial charge in [-0.15, -0.1) is 6.42 Å². The Kier molecular flexibility index (Phi) is 4.42. The minimum Gasteiger partial charge on any atom is -0.305 e. The van der Waals surface area contributed by atoms with Gasteiger partial charge in [-0.05, 0) is 30.3 Å². The molecule has 1 aromatic heterocycles. The predicted molar refractivity (Wildman–Crippen MR) is 92.6 cm³/mol. The highest BCUT2D eigenvalue weighted by Crippen LogP contribution is 2.22. The van der Waals surface area contributed by atoms with Crippen molar-refractivity contribution >= 4 is 43.4 Å². The monoisotopic (exact) mass is 388 g/mol. The summed E-state index contributed by atoms with van der Waals surface area (Å²) in [6.45, 7) is 0.283. The van der Waals surface area contributed by atoms with Gasteiger partial charge < -0.3 is 4.57 Å². The third kappa shape index (κ3) is 3.11. The number of carbonyl (C=O) groups excluding carboxylic acids is 1. The highest BCUT2D eigenvalue weighted by atomic mass is 79.9. The molecular formula is C17H10BrFN2OS. The van der Waals surface area contributed by atoms with Gasteiger partial charge in [0.1, 0.15) is 5.82 Å². The zero-order chi connectivity index (χ0) is 16.4. The molecule has 0 N–H and O–H groups in total. The minimum atomic E-state index is -0.625. The Hall–Kier alpha value is -2.23. The first-order chi connectivity index (χ1) is 11.1. The van der Waals surface area contributed by atoms with Crippen LogP contribution >= 0.6 is 27.3 Å². The summed E-state index contributed by atoms with van der Waals surface area (Å²) in [7, 11) is 0. The van der Waals surface area contributed by atoms with Crippen LogP contribution < -0.4 is 4.80 Å². The number of amides is 1. The lowest BCUT2D eigenvalue weighted by Crippen LogP contribution is -2.16. The molecule has 0 aliphatic heterocycles. The molecule has 3 nitrogen and oxygen atoms in total. The molecule has 2 aromatic carbocycles. The number of rotatable bonds is 2. The number of nitrogens with zero attached hydrogens (tertiary/aromatic N) is 2. The number of terminal acetylenes is 1. The van der Waals surface area contributed by atoms with Crippen LogP contribution in [0.3, 0.4) is 0 Å². The quantitative estimate of drug-likeness (QED) is 0.611. The molecule has 0 fully saturated rings. The summed E-state index contributed by atoms with van der Waals surface area (Å²) in [5.41, 5.74) is 0.828. The van der Waals surface area contributed by atoms with Crippen LogP contribution in [0.5, 0.6) is 0 Å². The van der Waals surface area contributed by atoms with E-state index < -0.39 is 11.7 Å². The highest BCUT2D eigenvalue weighted by molar-refractivity contribution is 9.10. The molecule has 114 valence electrons. The lowest BCUT2D eigenvalue weighted by molar-refractivity contribution is 0.0994. The summed E-state index contributed by atoms with van der Waals surface area (Å²) >= 11 is 4.75. The molecule has 3 rings (SSSR count). The van der Waals surface area contributed by atoms with Crippen LogP contribution in [0.2, 0.25) is 0 Å². The van der Waals surface area contributed by atoms with E-state index in [4.69, 9.17) is 6.42 Å². The van der Waals surface area contributed by atoms with E-state index in [9.17, 15) is 9.18 Å². The molecule has 0 atom stereocenters. The van der Waals surface area contributed by atoms with Gasteiger partial charge in [0.05, 0.1) is 22.3 Å². The van der Waals surface area contributed by atoms with Gasteiger partial charge in [-0.2, -0.15) is 4.99 Å². The first-order valence-electron chi connectivity index (χ1n) is 6.66. The van der Waals surface area contributed by atoms with Crippen molar-refractivity contribution in [3.05, 3.63) is 63.1 Å². The second-order valence-corrected chi connectivity index (χ2v) is 6.61. The topological polar surface area (TPSA) is 34.4 Å². The molecule has 1 amide bonds. The van der Waals surface area contributed by atoms with Crippen LogP contribution in [0.25, 0.3) is 10.2 Å². The average molecular weight is 389 g/mol. The fourth-order valence-corrected chi connectivity index (χ4v) is 3.74. The van der Waals surface area contributed by atoms with E-state index in [1.165, 1.54) is 29.5 Å². The largest absolute Gasteiger partial charge is 0.305 e. The van der Waals surface area contributed by atoms with Crippen molar-refractivity contribution < 1.29 is 9.18 Å². The fourth-order valence-electron chi connectivity index (χ4n) is 2.16. The highest BCUT2D eigenvalue weighted by Gasteiger charge is 2.12. The molecule has 23 heavy (non-hydrogen) atoms. The summed E-state index contributed by atoms with van der Waals surface area (Å²) in [6.07, 6.45) is 5.41. The van der Waals surface area contributed by atoms with Gasteiger partial charge in [0, 0.05) is 4.47 Å². The summed E-state index contributed by atoms with van der Waals surface area (Å²) in [5.74, 6) is 1.34. The van der Waals surface area contributed by atoms with Gasteiger partial charge >= 0.3 is 0 Å². The molecule has 0 saturated heterocycles. The van der Waals surface area contributed by atoms with Crippen molar-refractivity contribution in [2.75, 3.05) is 0 Å². The summed E-state index contributed by atoms with van der Waals surface area (Å²) < 4.78 is 17.4. The molecule has 0 bridgehead atoms. The van der Waals surface area contributed by atoms with Crippen molar-refractivity contribution in [1.29, 1.82) is 0 Å². The van der Waals surface area contributed by atoms with E-state index in [1.807, 2.05) is 18.2 Å². The zero-order valence-electron chi connectivity index (χ0n) is 11.8. The van der Waals surface area contributed by atoms with Crippen molar-refractivity contribution in [3.63, 3.8) is 0 Å². The molecule has 3 aromatic rings. The SMILES string of the molecule is C#CCn1c(=NC(=O)c2ccccc2F)sc2cc(Br)ccc21. The number of hydrogen-bond acceptors (Lipinski definition) is 2. The lowest BCUT2D eigenvalue weighted by Gasteiger charge is -2.00. The second kappa shape index (κ2) is 6.49. The van der Waals surface area contributed by atoms with E-state index in [-0.39, 0.29) is 12.1 Å². The summed E-state index contributed by atoms with van der Waals surface area (Å²) in [5, 5.41) is 0. The van der Waals surface area contributed by atoms with Gasteiger partial charge in [-0.25, -0.2) is 4.39 Å². The van der Waals surface area contributed by atoms with Gasteiger partial charge in [0.15, 0.2) is 4.80 Å². The number of benzene rings is 2. The number of thiazole rings is 1. The van der Waals surface area contributed by atoms with Crippen LogP contribution in [0, 0.1) is 18.2 Å². The third-order valence-corrected chi connectivity index (χ3v) is 4.73. The van der Waals surface area contributed by atoms with E-state index in [1.54, 1.807) is 10.6 Å². The molecule has 0 saturated carbocycles. The molecule has 0 unspecified atom stereocenters. The van der Waals surface area contributed by atoms with Gasteiger partial charge in [-0.1, -0.05) is 45.3 Å². The Morgan fingerprint density at radius 3 is 2.87 bits per heavy atom. The molecule has 6 heteroatoms.